The number of carboxylic acid groups (broad SMARTS) is 1. The number of aryl methyl sites for hydroxylation is 1. The van der Waals surface area contributed by atoms with Gasteiger partial charge in [-0.2, -0.15) is 0 Å². The van der Waals surface area contributed by atoms with Crippen molar-refractivity contribution in [3.8, 4) is 5.75 Å². The van der Waals surface area contributed by atoms with Crippen LogP contribution < -0.4 is 4.74 Å². The normalized spacial score (nSPS) is 9.96. The third kappa shape index (κ3) is 13.0. The van der Waals surface area contributed by atoms with E-state index in [2.05, 4.69) is 38.1 Å². The molecular formula is C21H36O3. The van der Waals surface area contributed by atoms with Gasteiger partial charge in [0.15, 0.2) is 0 Å². The lowest BCUT2D eigenvalue weighted by molar-refractivity contribution is -0.136. The SMILES string of the molecule is CCC(=O)O.CCCCCCCCCCOc1ccccc1CC. The van der Waals surface area contributed by atoms with Gasteiger partial charge < -0.3 is 9.84 Å². The monoisotopic (exact) mass is 336 g/mol. The topological polar surface area (TPSA) is 46.5 Å². The van der Waals surface area contributed by atoms with Crippen LogP contribution in [-0.4, -0.2) is 17.7 Å². The van der Waals surface area contributed by atoms with E-state index in [1.807, 2.05) is 0 Å². The first kappa shape index (κ1) is 22.5. The minimum Gasteiger partial charge on any atom is -0.493 e. The molecule has 0 bridgehead atoms. The summed E-state index contributed by atoms with van der Waals surface area (Å²) in [5, 5.41) is 7.72. The van der Waals surface area contributed by atoms with E-state index in [9.17, 15) is 4.79 Å². The summed E-state index contributed by atoms with van der Waals surface area (Å²) < 4.78 is 5.87. The Kier molecular flexibility index (Phi) is 15.3. The quantitative estimate of drug-likeness (QED) is 0.459. The highest BCUT2D eigenvalue weighted by molar-refractivity contribution is 5.66. The highest BCUT2D eigenvalue weighted by Gasteiger charge is 2.00. The molecule has 1 N–H and O–H groups in total. The van der Waals surface area contributed by atoms with Crippen molar-refractivity contribution in [2.75, 3.05) is 6.61 Å². The number of hydrogen-bond acceptors (Lipinski definition) is 2. The van der Waals surface area contributed by atoms with Gasteiger partial charge in [0.2, 0.25) is 0 Å². The molecule has 1 rings (SSSR count). The summed E-state index contributed by atoms with van der Waals surface area (Å²) in [6.45, 7) is 6.91. The van der Waals surface area contributed by atoms with Gasteiger partial charge >= 0.3 is 5.97 Å². The van der Waals surface area contributed by atoms with E-state index >= 15 is 0 Å². The fraction of sp³-hybridized carbons (Fsp3) is 0.667. The molecule has 1 aromatic rings. The van der Waals surface area contributed by atoms with Crippen molar-refractivity contribution >= 4 is 5.97 Å². The number of aliphatic carboxylic acids is 1. The van der Waals surface area contributed by atoms with Crippen molar-refractivity contribution in [2.45, 2.75) is 85.0 Å². The van der Waals surface area contributed by atoms with E-state index in [-0.39, 0.29) is 6.42 Å². The van der Waals surface area contributed by atoms with Gasteiger partial charge in [-0.15, -0.1) is 0 Å². The molecule has 0 atom stereocenters. The number of hydrogen-bond donors (Lipinski definition) is 1. The number of ether oxygens (including phenoxy) is 1. The molecule has 138 valence electrons. The molecule has 3 nitrogen and oxygen atoms in total. The molecule has 0 fully saturated rings. The molecule has 24 heavy (non-hydrogen) atoms. The van der Waals surface area contributed by atoms with Gasteiger partial charge in [0.1, 0.15) is 5.75 Å². The number of carboxylic acids is 1. The summed E-state index contributed by atoms with van der Waals surface area (Å²) >= 11 is 0. The van der Waals surface area contributed by atoms with Gasteiger partial charge in [-0.3, -0.25) is 4.79 Å². The van der Waals surface area contributed by atoms with Crippen LogP contribution in [0.1, 0.15) is 84.1 Å². The second kappa shape index (κ2) is 16.4. The van der Waals surface area contributed by atoms with E-state index in [0.717, 1.165) is 18.8 Å². The molecule has 0 aliphatic heterocycles. The Bertz CT molecular complexity index is 415. The second-order valence-corrected chi connectivity index (χ2v) is 6.03. The smallest absolute Gasteiger partial charge is 0.303 e. The zero-order chi connectivity index (χ0) is 18.0. The molecule has 0 aromatic heterocycles. The largest absolute Gasteiger partial charge is 0.493 e. The average molecular weight is 337 g/mol. The Hall–Kier alpha value is -1.51. The standard InChI is InChI=1S/C18H30O.C3H6O2/c1-3-5-6-7-8-9-10-13-16-19-18-15-12-11-14-17(18)4-2;1-2-3(4)5/h11-12,14-15H,3-10,13,16H2,1-2H3;2H2,1H3,(H,4,5). The van der Waals surface area contributed by atoms with Crippen LogP contribution in [0.25, 0.3) is 0 Å². The van der Waals surface area contributed by atoms with Gasteiger partial charge in [0.05, 0.1) is 6.61 Å². The van der Waals surface area contributed by atoms with E-state index in [1.54, 1.807) is 6.92 Å². The number of carbonyl (C=O) groups is 1. The van der Waals surface area contributed by atoms with Crippen molar-refractivity contribution < 1.29 is 14.6 Å². The maximum atomic E-state index is 9.37. The number of benzene rings is 1. The van der Waals surface area contributed by atoms with Crippen LogP contribution in [0.2, 0.25) is 0 Å². The van der Waals surface area contributed by atoms with Crippen LogP contribution >= 0.6 is 0 Å². The van der Waals surface area contributed by atoms with Crippen LogP contribution in [0.15, 0.2) is 24.3 Å². The Morgan fingerprint density at radius 2 is 1.46 bits per heavy atom. The highest BCUT2D eigenvalue weighted by Crippen LogP contribution is 2.18. The Balaban J connectivity index is 0.000000922. The summed E-state index contributed by atoms with van der Waals surface area (Å²) in [5.41, 5.74) is 1.32. The summed E-state index contributed by atoms with van der Waals surface area (Å²) in [7, 11) is 0. The van der Waals surface area contributed by atoms with E-state index in [0.29, 0.717) is 0 Å². The molecule has 0 spiro atoms. The summed E-state index contributed by atoms with van der Waals surface area (Å²) in [4.78, 5) is 9.37. The summed E-state index contributed by atoms with van der Waals surface area (Å²) in [5.74, 6) is 0.331. The maximum absolute atomic E-state index is 9.37. The summed E-state index contributed by atoms with van der Waals surface area (Å²) in [6.07, 6.45) is 12.1. The summed E-state index contributed by atoms with van der Waals surface area (Å²) in [6, 6.07) is 8.39. The molecule has 0 aliphatic rings. The molecule has 0 saturated carbocycles. The van der Waals surface area contributed by atoms with Crippen LogP contribution in [0.5, 0.6) is 5.75 Å². The zero-order valence-electron chi connectivity index (χ0n) is 15.9. The van der Waals surface area contributed by atoms with Gasteiger partial charge in [-0.25, -0.2) is 0 Å². The van der Waals surface area contributed by atoms with Crippen LogP contribution in [0, 0.1) is 0 Å². The zero-order valence-corrected chi connectivity index (χ0v) is 15.9. The van der Waals surface area contributed by atoms with Crippen LogP contribution in [0.4, 0.5) is 0 Å². The Morgan fingerprint density at radius 1 is 0.917 bits per heavy atom. The van der Waals surface area contributed by atoms with Crippen molar-refractivity contribution in [1.29, 1.82) is 0 Å². The van der Waals surface area contributed by atoms with Crippen LogP contribution in [-0.2, 0) is 11.2 Å². The van der Waals surface area contributed by atoms with E-state index in [4.69, 9.17) is 9.84 Å². The lowest BCUT2D eigenvalue weighted by Crippen LogP contribution is -1.99. The lowest BCUT2D eigenvalue weighted by atomic mass is 10.1. The predicted molar refractivity (Wildman–Crippen MR) is 102 cm³/mol. The van der Waals surface area contributed by atoms with Crippen molar-refractivity contribution in [2.24, 2.45) is 0 Å². The number of unbranched alkanes of at least 4 members (excludes halogenated alkanes) is 7. The Morgan fingerprint density at radius 3 is 2.00 bits per heavy atom. The van der Waals surface area contributed by atoms with Crippen LogP contribution in [0.3, 0.4) is 0 Å². The minimum atomic E-state index is -0.745. The van der Waals surface area contributed by atoms with Crippen molar-refractivity contribution in [1.82, 2.24) is 0 Å². The van der Waals surface area contributed by atoms with Gasteiger partial charge in [0.25, 0.3) is 0 Å². The predicted octanol–water partition coefficient (Wildman–Crippen LogP) is 6.25. The van der Waals surface area contributed by atoms with Gasteiger partial charge in [0, 0.05) is 6.42 Å². The first-order valence-corrected chi connectivity index (χ1v) is 9.58. The highest BCUT2D eigenvalue weighted by atomic mass is 16.5. The molecule has 0 heterocycles. The molecule has 0 amide bonds. The van der Waals surface area contributed by atoms with Crippen molar-refractivity contribution in [3.63, 3.8) is 0 Å². The molecule has 0 radical (unpaired) electrons. The molecule has 0 aliphatic carbocycles. The molecule has 3 heteroatoms. The molecule has 1 aromatic carbocycles. The first-order valence-electron chi connectivity index (χ1n) is 9.58. The second-order valence-electron chi connectivity index (χ2n) is 6.03. The van der Waals surface area contributed by atoms with E-state index < -0.39 is 5.97 Å². The number of para-hydroxylation sites is 1. The van der Waals surface area contributed by atoms with Crippen molar-refractivity contribution in [3.05, 3.63) is 29.8 Å². The van der Waals surface area contributed by atoms with E-state index in [1.165, 1.54) is 56.9 Å². The fourth-order valence-electron chi connectivity index (χ4n) is 2.35. The molecule has 0 unspecified atom stereocenters. The maximum Gasteiger partial charge on any atom is 0.303 e. The fourth-order valence-corrected chi connectivity index (χ4v) is 2.35. The van der Waals surface area contributed by atoms with Gasteiger partial charge in [-0.1, -0.05) is 83.9 Å². The molecular weight excluding hydrogens is 300 g/mol. The molecule has 0 saturated heterocycles. The third-order valence-corrected chi connectivity index (χ3v) is 3.91. The minimum absolute atomic E-state index is 0.222. The first-order chi connectivity index (χ1) is 11.7. The Labute approximate surface area is 148 Å². The number of rotatable bonds is 12. The lowest BCUT2D eigenvalue weighted by Gasteiger charge is -2.10. The van der Waals surface area contributed by atoms with Gasteiger partial charge in [-0.05, 0) is 24.5 Å². The average Bonchev–Trinajstić information content (AvgIpc) is 2.61. The third-order valence-electron chi connectivity index (χ3n) is 3.91.